The van der Waals surface area contributed by atoms with Crippen LogP contribution < -0.4 is 10.1 Å². The molecule has 0 aliphatic heterocycles. The van der Waals surface area contributed by atoms with Crippen molar-refractivity contribution in [3.8, 4) is 5.75 Å². The maximum absolute atomic E-state index is 10.7. The number of halogens is 1. The Morgan fingerprint density at radius 3 is 2.38 bits per heavy atom. The second kappa shape index (κ2) is 5.89. The molecule has 0 bridgehead atoms. The molecule has 1 N–H and O–H groups in total. The number of aryl methyl sites for hydroxylation is 2. The fraction of sp³-hybridized carbons (Fsp3) is 0.417. The first-order valence-corrected chi connectivity index (χ1v) is 5.91. The van der Waals surface area contributed by atoms with Gasteiger partial charge in [-0.05, 0) is 37.0 Å². The van der Waals surface area contributed by atoms with Crippen molar-refractivity contribution in [1.29, 1.82) is 0 Å². The molecular formula is C12H16BrNO2. The minimum Gasteiger partial charge on any atom is -0.496 e. The summed E-state index contributed by atoms with van der Waals surface area (Å²) >= 11 is 2.83. The van der Waals surface area contributed by atoms with Crippen LogP contribution in [0.5, 0.6) is 5.75 Å². The zero-order valence-electron chi connectivity index (χ0n) is 9.76. The molecule has 0 heterocycles. The first-order valence-electron chi connectivity index (χ1n) is 5.12. The van der Waals surface area contributed by atoms with E-state index in [-0.39, 0.29) is 4.82 Å². The van der Waals surface area contributed by atoms with Gasteiger partial charge in [-0.2, -0.15) is 0 Å². The van der Waals surface area contributed by atoms with E-state index < -0.39 is 0 Å². The van der Waals surface area contributed by atoms with Crippen LogP contribution >= 0.6 is 15.9 Å². The summed E-state index contributed by atoms with van der Waals surface area (Å²) in [5.41, 5.74) is 3.46. The van der Waals surface area contributed by atoms with E-state index >= 15 is 0 Å². The maximum atomic E-state index is 10.7. The van der Waals surface area contributed by atoms with Gasteiger partial charge in [-0.25, -0.2) is 0 Å². The van der Waals surface area contributed by atoms with Crippen LogP contribution in [0.25, 0.3) is 0 Å². The van der Waals surface area contributed by atoms with Gasteiger partial charge in [-0.15, -0.1) is 0 Å². The van der Waals surface area contributed by atoms with Gasteiger partial charge < -0.3 is 10.1 Å². The van der Waals surface area contributed by atoms with Crippen LogP contribution in [0.4, 0.5) is 4.79 Å². The highest BCUT2D eigenvalue weighted by molar-refractivity contribution is 9.18. The molecule has 16 heavy (non-hydrogen) atoms. The molecular weight excluding hydrogens is 270 g/mol. The van der Waals surface area contributed by atoms with Crippen LogP contribution in [0.3, 0.4) is 0 Å². The molecule has 88 valence electrons. The third-order valence-electron chi connectivity index (χ3n) is 2.40. The quantitative estimate of drug-likeness (QED) is 0.682. The smallest absolute Gasteiger partial charge is 0.287 e. The molecule has 1 aromatic rings. The third kappa shape index (κ3) is 3.52. The molecule has 0 aromatic heterocycles. The Kier molecular flexibility index (Phi) is 4.80. The van der Waals surface area contributed by atoms with Gasteiger partial charge >= 0.3 is 0 Å². The van der Waals surface area contributed by atoms with Gasteiger partial charge in [0.15, 0.2) is 0 Å². The molecule has 0 aliphatic rings. The van der Waals surface area contributed by atoms with E-state index in [4.69, 9.17) is 4.74 Å². The molecule has 0 spiro atoms. The van der Waals surface area contributed by atoms with E-state index in [1.807, 2.05) is 13.8 Å². The summed E-state index contributed by atoms with van der Waals surface area (Å²) in [5.74, 6) is 0.938. The van der Waals surface area contributed by atoms with Gasteiger partial charge in [0.2, 0.25) is 0 Å². The standard InChI is InChI=1S/C12H16BrNO2/c1-8-6-10(4-5-14-12(13)15)7-9(2)11(8)16-3/h6-7H,4-5H2,1-3H3,(H,14,15). The summed E-state index contributed by atoms with van der Waals surface area (Å²) in [6, 6.07) is 4.18. The second-order valence-corrected chi connectivity index (χ2v) is 4.43. The number of hydrogen-bond donors (Lipinski definition) is 1. The Morgan fingerprint density at radius 2 is 1.94 bits per heavy atom. The van der Waals surface area contributed by atoms with Crippen LogP contribution in [0.1, 0.15) is 16.7 Å². The zero-order valence-corrected chi connectivity index (χ0v) is 11.3. The second-order valence-electron chi connectivity index (χ2n) is 3.71. The highest BCUT2D eigenvalue weighted by Crippen LogP contribution is 2.24. The number of carbonyl (C=O) groups excluding carboxylic acids is 1. The Bertz CT molecular complexity index is 368. The molecule has 1 amide bonds. The normalized spacial score (nSPS) is 10.0. The molecule has 0 radical (unpaired) electrons. The SMILES string of the molecule is COc1c(C)cc(CCNC(=O)Br)cc1C. The fourth-order valence-corrected chi connectivity index (χ4v) is 2.01. The van der Waals surface area contributed by atoms with E-state index in [1.165, 1.54) is 5.56 Å². The molecule has 1 rings (SSSR count). The Labute approximate surface area is 104 Å². The van der Waals surface area contributed by atoms with Gasteiger partial charge in [0.05, 0.1) is 7.11 Å². The highest BCUT2D eigenvalue weighted by Gasteiger charge is 2.05. The minimum absolute atomic E-state index is 0.172. The topological polar surface area (TPSA) is 38.3 Å². The van der Waals surface area contributed by atoms with Crippen molar-refractivity contribution in [1.82, 2.24) is 5.32 Å². The average molecular weight is 286 g/mol. The molecule has 1 aromatic carbocycles. The van der Waals surface area contributed by atoms with Crippen molar-refractivity contribution >= 4 is 20.7 Å². The summed E-state index contributed by atoms with van der Waals surface area (Å²) < 4.78 is 5.30. The number of hydrogen-bond acceptors (Lipinski definition) is 2. The lowest BCUT2D eigenvalue weighted by Crippen LogP contribution is -2.19. The number of methoxy groups -OCH3 is 1. The van der Waals surface area contributed by atoms with Crippen molar-refractivity contribution in [3.05, 3.63) is 28.8 Å². The largest absolute Gasteiger partial charge is 0.496 e. The van der Waals surface area contributed by atoms with Crippen molar-refractivity contribution in [2.75, 3.05) is 13.7 Å². The number of rotatable bonds is 4. The van der Waals surface area contributed by atoms with E-state index in [0.717, 1.165) is 23.3 Å². The van der Waals surface area contributed by atoms with Crippen LogP contribution in [-0.2, 0) is 6.42 Å². The monoisotopic (exact) mass is 285 g/mol. The molecule has 0 aliphatic carbocycles. The molecule has 0 atom stereocenters. The summed E-state index contributed by atoms with van der Waals surface area (Å²) in [7, 11) is 1.68. The van der Waals surface area contributed by atoms with Crippen molar-refractivity contribution in [2.24, 2.45) is 0 Å². The zero-order chi connectivity index (χ0) is 12.1. The summed E-state index contributed by atoms with van der Waals surface area (Å²) in [6.45, 7) is 4.69. The summed E-state index contributed by atoms with van der Waals surface area (Å²) in [4.78, 5) is 10.5. The number of benzene rings is 1. The Balaban J connectivity index is 2.72. The van der Waals surface area contributed by atoms with E-state index in [2.05, 4.69) is 33.4 Å². The first-order chi connectivity index (χ1) is 7.54. The predicted molar refractivity (Wildman–Crippen MR) is 68.5 cm³/mol. The lowest BCUT2D eigenvalue weighted by molar-refractivity contribution is 0.262. The van der Waals surface area contributed by atoms with Crippen molar-refractivity contribution < 1.29 is 9.53 Å². The van der Waals surface area contributed by atoms with Crippen LogP contribution in [0.2, 0.25) is 0 Å². The summed E-state index contributed by atoms with van der Waals surface area (Å²) in [5, 5.41) is 2.71. The molecule has 4 heteroatoms. The van der Waals surface area contributed by atoms with E-state index in [0.29, 0.717) is 6.54 Å². The number of carbonyl (C=O) groups is 1. The lowest BCUT2D eigenvalue weighted by Gasteiger charge is -2.11. The van der Waals surface area contributed by atoms with Crippen LogP contribution in [0, 0.1) is 13.8 Å². The Morgan fingerprint density at radius 1 is 1.38 bits per heavy atom. The molecule has 3 nitrogen and oxygen atoms in total. The number of amides is 1. The summed E-state index contributed by atoms with van der Waals surface area (Å²) in [6.07, 6.45) is 0.822. The molecule has 0 unspecified atom stereocenters. The molecule has 0 saturated carbocycles. The van der Waals surface area contributed by atoms with Crippen LogP contribution in [-0.4, -0.2) is 18.5 Å². The first kappa shape index (κ1) is 13.0. The minimum atomic E-state index is -0.172. The lowest BCUT2D eigenvalue weighted by atomic mass is 10.0. The number of nitrogens with one attached hydrogen (secondary N) is 1. The van der Waals surface area contributed by atoms with Crippen molar-refractivity contribution in [2.45, 2.75) is 20.3 Å². The maximum Gasteiger partial charge on any atom is 0.287 e. The van der Waals surface area contributed by atoms with Gasteiger partial charge in [-0.1, -0.05) is 12.1 Å². The average Bonchev–Trinajstić information content (AvgIpc) is 2.16. The number of ether oxygens (including phenoxy) is 1. The van der Waals surface area contributed by atoms with Crippen LogP contribution in [0.15, 0.2) is 12.1 Å². The van der Waals surface area contributed by atoms with E-state index in [1.54, 1.807) is 7.11 Å². The van der Waals surface area contributed by atoms with E-state index in [9.17, 15) is 4.79 Å². The molecule has 0 fully saturated rings. The van der Waals surface area contributed by atoms with Gasteiger partial charge in [0, 0.05) is 22.5 Å². The third-order valence-corrected chi connectivity index (χ3v) is 2.68. The Hall–Kier alpha value is -1.03. The molecule has 0 saturated heterocycles. The fourth-order valence-electron chi connectivity index (χ4n) is 1.81. The highest BCUT2D eigenvalue weighted by atomic mass is 79.9. The predicted octanol–water partition coefficient (Wildman–Crippen LogP) is 2.96. The van der Waals surface area contributed by atoms with Gasteiger partial charge in [0.25, 0.3) is 4.82 Å². The van der Waals surface area contributed by atoms with Gasteiger partial charge in [-0.3, -0.25) is 4.79 Å². The van der Waals surface area contributed by atoms with Crippen molar-refractivity contribution in [3.63, 3.8) is 0 Å². The van der Waals surface area contributed by atoms with Gasteiger partial charge in [0.1, 0.15) is 5.75 Å².